The summed E-state index contributed by atoms with van der Waals surface area (Å²) in [7, 11) is 0. The van der Waals surface area contributed by atoms with Crippen LogP contribution in [0, 0.1) is 6.92 Å². The van der Waals surface area contributed by atoms with Crippen molar-refractivity contribution in [1.29, 1.82) is 0 Å². The maximum Gasteiger partial charge on any atom is 0.244 e. The normalized spacial score (nSPS) is 14.2. The molecule has 2 aromatic carbocycles. The van der Waals surface area contributed by atoms with Crippen molar-refractivity contribution >= 4 is 47.0 Å². The SMILES string of the molecule is CC(=O)N1CCN(C(=O)C[C@H](NC(=O)/C=C/c2cc(Cl)ccc2-n2cnnn2)c2nc(-c3ccc(C)cc3)c(Cl)[nH]2)CC1. The number of aryl methyl sites for hydroxylation is 1. The van der Waals surface area contributed by atoms with E-state index in [-0.39, 0.29) is 18.2 Å². The molecule has 0 spiro atoms. The number of rotatable bonds is 8. The minimum Gasteiger partial charge on any atom is -0.342 e. The quantitative estimate of drug-likeness (QED) is 0.286. The van der Waals surface area contributed by atoms with E-state index < -0.39 is 11.9 Å². The lowest BCUT2D eigenvalue weighted by Gasteiger charge is -2.34. The van der Waals surface area contributed by atoms with Crippen LogP contribution in [0.15, 0.2) is 54.9 Å². The van der Waals surface area contributed by atoms with E-state index in [0.717, 1.165) is 11.1 Å². The number of aromatic amines is 1. The van der Waals surface area contributed by atoms with Crippen LogP contribution in [0.3, 0.4) is 0 Å². The van der Waals surface area contributed by atoms with Crippen molar-refractivity contribution in [2.75, 3.05) is 26.2 Å². The zero-order chi connectivity index (χ0) is 30.5. The molecule has 2 N–H and O–H groups in total. The number of H-pyrrole nitrogens is 1. The number of tetrazole rings is 1. The first-order valence-electron chi connectivity index (χ1n) is 13.5. The van der Waals surface area contributed by atoms with Crippen molar-refractivity contribution in [3.05, 3.63) is 82.0 Å². The fourth-order valence-corrected chi connectivity index (χ4v) is 5.18. The molecule has 1 saturated heterocycles. The number of nitrogens with zero attached hydrogens (tertiary/aromatic N) is 7. The summed E-state index contributed by atoms with van der Waals surface area (Å²) in [5.41, 5.74) is 3.62. The third kappa shape index (κ3) is 7.27. The van der Waals surface area contributed by atoms with Gasteiger partial charge in [0.2, 0.25) is 17.7 Å². The van der Waals surface area contributed by atoms with Gasteiger partial charge in [0.15, 0.2) is 0 Å². The van der Waals surface area contributed by atoms with Crippen molar-refractivity contribution in [2.24, 2.45) is 0 Å². The van der Waals surface area contributed by atoms with E-state index in [0.29, 0.717) is 59.1 Å². The first-order valence-corrected chi connectivity index (χ1v) is 14.3. The molecule has 1 aliphatic heterocycles. The summed E-state index contributed by atoms with van der Waals surface area (Å²) in [6, 6.07) is 12.0. The molecule has 5 rings (SSSR count). The fraction of sp³-hybridized carbons (Fsp3) is 0.276. The summed E-state index contributed by atoms with van der Waals surface area (Å²) in [6.07, 6.45) is 4.30. The highest BCUT2D eigenvalue weighted by Gasteiger charge is 2.28. The Morgan fingerprint density at radius 1 is 1.05 bits per heavy atom. The Morgan fingerprint density at radius 2 is 1.77 bits per heavy atom. The maximum absolute atomic E-state index is 13.4. The predicted octanol–water partition coefficient (Wildman–Crippen LogP) is 3.62. The number of nitrogens with one attached hydrogen (secondary N) is 2. The number of halogens is 2. The van der Waals surface area contributed by atoms with Crippen LogP contribution < -0.4 is 5.32 Å². The number of carbonyl (C=O) groups excluding carboxylic acids is 3. The molecule has 3 amide bonds. The molecule has 0 bridgehead atoms. The summed E-state index contributed by atoms with van der Waals surface area (Å²) < 4.78 is 1.46. The molecule has 0 saturated carbocycles. The van der Waals surface area contributed by atoms with Gasteiger partial charge in [0.25, 0.3) is 0 Å². The molecule has 43 heavy (non-hydrogen) atoms. The smallest absolute Gasteiger partial charge is 0.244 e. The second-order valence-corrected chi connectivity index (χ2v) is 10.9. The summed E-state index contributed by atoms with van der Waals surface area (Å²) >= 11 is 12.8. The van der Waals surface area contributed by atoms with Gasteiger partial charge in [-0.15, -0.1) is 5.10 Å². The fourth-order valence-electron chi connectivity index (χ4n) is 4.75. The Bertz CT molecular complexity index is 1640. The lowest BCUT2D eigenvalue weighted by atomic mass is 10.1. The first-order chi connectivity index (χ1) is 20.7. The molecule has 12 nitrogen and oxygen atoms in total. The number of hydrogen-bond acceptors (Lipinski definition) is 7. The zero-order valence-electron chi connectivity index (χ0n) is 23.5. The van der Waals surface area contributed by atoms with Crippen LogP contribution in [0.5, 0.6) is 0 Å². The molecule has 0 aliphatic carbocycles. The van der Waals surface area contributed by atoms with Crippen molar-refractivity contribution in [3.63, 3.8) is 0 Å². The number of benzene rings is 2. The van der Waals surface area contributed by atoms with E-state index in [1.807, 2.05) is 31.2 Å². The number of piperazine rings is 1. The Kier molecular flexibility index (Phi) is 9.17. The van der Waals surface area contributed by atoms with Gasteiger partial charge in [0, 0.05) is 55.3 Å². The Morgan fingerprint density at radius 3 is 2.44 bits per heavy atom. The Labute approximate surface area is 257 Å². The molecule has 1 aliphatic rings. The number of amides is 3. The van der Waals surface area contributed by atoms with Crippen LogP contribution in [-0.2, 0) is 14.4 Å². The number of imidazole rings is 1. The maximum atomic E-state index is 13.4. The van der Waals surface area contributed by atoms with E-state index in [9.17, 15) is 14.4 Å². The van der Waals surface area contributed by atoms with Gasteiger partial charge in [0.05, 0.1) is 18.2 Å². The average Bonchev–Trinajstić information content (AvgIpc) is 3.66. The third-order valence-electron chi connectivity index (χ3n) is 7.11. The molecule has 1 fully saturated rings. The standard InChI is InChI=1S/C29H29Cl2N9O3/c1-18-3-5-20(6-4-18)27-28(31)35-29(34-27)23(16-26(43)39-13-11-38(12-14-39)19(2)41)33-25(42)10-7-21-15-22(30)8-9-24(21)40-17-32-36-37-40/h3-10,15,17,23H,11-14,16H2,1-2H3,(H,33,42)(H,34,35)/b10-7+/t23-/m0/s1. The van der Waals surface area contributed by atoms with Gasteiger partial charge in [-0.1, -0.05) is 53.0 Å². The van der Waals surface area contributed by atoms with E-state index >= 15 is 0 Å². The van der Waals surface area contributed by atoms with Crippen LogP contribution in [0.1, 0.15) is 36.3 Å². The predicted molar refractivity (Wildman–Crippen MR) is 161 cm³/mol. The second-order valence-electron chi connectivity index (χ2n) is 10.1. The topological polar surface area (TPSA) is 142 Å². The van der Waals surface area contributed by atoms with Gasteiger partial charge in [-0.2, -0.15) is 4.68 Å². The largest absolute Gasteiger partial charge is 0.342 e. The van der Waals surface area contributed by atoms with E-state index in [1.165, 1.54) is 24.0 Å². The second kappa shape index (κ2) is 13.2. The number of carbonyl (C=O) groups is 3. The minimum atomic E-state index is -0.814. The minimum absolute atomic E-state index is 0.0270. The molecule has 0 unspecified atom stereocenters. The summed E-state index contributed by atoms with van der Waals surface area (Å²) in [5.74, 6) is -0.333. The molecule has 3 heterocycles. The van der Waals surface area contributed by atoms with Crippen LogP contribution in [0.4, 0.5) is 0 Å². The molecule has 2 aromatic heterocycles. The van der Waals surface area contributed by atoms with Gasteiger partial charge in [0.1, 0.15) is 23.0 Å². The highest BCUT2D eigenvalue weighted by molar-refractivity contribution is 6.32. The first kappa shape index (κ1) is 29.9. The summed E-state index contributed by atoms with van der Waals surface area (Å²) in [5, 5.41) is 14.9. The van der Waals surface area contributed by atoms with E-state index in [4.69, 9.17) is 23.2 Å². The molecule has 0 radical (unpaired) electrons. The van der Waals surface area contributed by atoms with Crippen LogP contribution in [-0.4, -0.2) is 83.9 Å². The highest BCUT2D eigenvalue weighted by Crippen LogP contribution is 2.29. The summed E-state index contributed by atoms with van der Waals surface area (Å²) in [4.78, 5) is 49.5. The van der Waals surface area contributed by atoms with Gasteiger partial charge in [-0.25, -0.2) is 4.98 Å². The Balaban J connectivity index is 1.38. The molecule has 222 valence electrons. The zero-order valence-corrected chi connectivity index (χ0v) is 25.0. The van der Waals surface area contributed by atoms with Crippen molar-refractivity contribution in [1.82, 2.24) is 45.3 Å². The molecule has 4 aromatic rings. The highest BCUT2D eigenvalue weighted by atomic mass is 35.5. The van der Waals surface area contributed by atoms with Gasteiger partial charge in [-0.05, 0) is 41.6 Å². The lowest BCUT2D eigenvalue weighted by Crippen LogP contribution is -2.50. The monoisotopic (exact) mass is 621 g/mol. The average molecular weight is 623 g/mol. The Hall–Kier alpha value is -4.55. The van der Waals surface area contributed by atoms with E-state index in [1.54, 1.807) is 34.1 Å². The van der Waals surface area contributed by atoms with Gasteiger partial charge < -0.3 is 20.1 Å². The van der Waals surface area contributed by atoms with Crippen LogP contribution in [0.25, 0.3) is 23.0 Å². The van der Waals surface area contributed by atoms with Crippen LogP contribution >= 0.6 is 23.2 Å². The van der Waals surface area contributed by atoms with Crippen LogP contribution in [0.2, 0.25) is 10.2 Å². The number of aromatic nitrogens is 6. The third-order valence-corrected chi connectivity index (χ3v) is 7.61. The molecule has 1 atom stereocenters. The number of hydrogen-bond donors (Lipinski definition) is 2. The molecular formula is C29H29Cl2N9O3. The molecule has 14 heteroatoms. The van der Waals surface area contributed by atoms with Gasteiger partial charge >= 0.3 is 0 Å². The van der Waals surface area contributed by atoms with Crippen molar-refractivity contribution in [3.8, 4) is 16.9 Å². The van der Waals surface area contributed by atoms with Crippen molar-refractivity contribution in [2.45, 2.75) is 26.3 Å². The van der Waals surface area contributed by atoms with Gasteiger partial charge in [-0.3, -0.25) is 14.4 Å². The lowest BCUT2D eigenvalue weighted by molar-refractivity contribution is -0.139. The van der Waals surface area contributed by atoms with E-state index in [2.05, 4.69) is 30.8 Å². The van der Waals surface area contributed by atoms with Crippen molar-refractivity contribution < 1.29 is 14.4 Å². The molecular weight excluding hydrogens is 593 g/mol. The summed E-state index contributed by atoms with van der Waals surface area (Å²) in [6.45, 7) is 5.21.